The van der Waals surface area contributed by atoms with Gasteiger partial charge in [-0.05, 0) is 43.7 Å². The van der Waals surface area contributed by atoms with Gasteiger partial charge in [-0.3, -0.25) is 4.98 Å². The number of aromatic nitrogens is 1. The molecule has 0 bridgehead atoms. The first-order valence-electron chi connectivity index (χ1n) is 8.76. The molecule has 1 unspecified atom stereocenters. The van der Waals surface area contributed by atoms with Gasteiger partial charge in [0, 0.05) is 37.6 Å². The lowest BCUT2D eigenvalue weighted by Gasteiger charge is -2.34. The van der Waals surface area contributed by atoms with Crippen LogP contribution in [0.4, 0.5) is 0 Å². The predicted octanol–water partition coefficient (Wildman–Crippen LogP) is 2.47. The molecular weight excluding hydrogens is 310 g/mol. The summed E-state index contributed by atoms with van der Waals surface area (Å²) in [7, 11) is -3.01. The van der Waals surface area contributed by atoms with Gasteiger partial charge in [-0.2, -0.15) is 0 Å². The number of rotatable bonds is 7. The summed E-state index contributed by atoms with van der Waals surface area (Å²) in [6.07, 6.45) is 9.40. The second-order valence-corrected chi connectivity index (χ2v) is 8.92. The first kappa shape index (κ1) is 16.9. The second-order valence-electron chi connectivity index (χ2n) is 6.71. The summed E-state index contributed by atoms with van der Waals surface area (Å²) in [5, 5.41) is 3.64. The van der Waals surface area contributed by atoms with Crippen LogP contribution in [0, 0.1) is 0 Å². The van der Waals surface area contributed by atoms with Gasteiger partial charge in [-0.15, -0.1) is 0 Å². The third-order valence-corrected chi connectivity index (χ3v) is 7.26. The van der Waals surface area contributed by atoms with Gasteiger partial charge in [0.05, 0.1) is 5.25 Å². The Labute approximate surface area is 139 Å². The molecule has 2 aliphatic rings. The van der Waals surface area contributed by atoms with Crippen molar-refractivity contribution in [2.24, 2.45) is 0 Å². The lowest BCUT2D eigenvalue weighted by atomic mass is 10.00. The standard InChI is InChI=1S/C17H27N3O2S/c1-2-4-17(14-5-3-10-18-13-14)19-15-8-11-20(12-9-15)23(21,22)16-6-7-16/h3,5,10,13,15-17,19H,2,4,6-9,11-12H2,1H3. The fourth-order valence-electron chi connectivity index (χ4n) is 3.36. The van der Waals surface area contributed by atoms with E-state index in [1.54, 1.807) is 10.5 Å². The Morgan fingerprint density at radius 2 is 2.04 bits per heavy atom. The van der Waals surface area contributed by atoms with Crippen molar-refractivity contribution in [2.45, 2.75) is 62.8 Å². The molecule has 1 aromatic heterocycles. The Hall–Kier alpha value is -0.980. The molecule has 2 heterocycles. The van der Waals surface area contributed by atoms with Crippen LogP contribution in [0.3, 0.4) is 0 Å². The van der Waals surface area contributed by atoms with Crippen molar-refractivity contribution in [1.29, 1.82) is 0 Å². The van der Waals surface area contributed by atoms with Crippen LogP contribution < -0.4 is 5.32 Å². The maximum atomic E-state index is 12.3. The van der Waals surface area contributed by atoms with Crippen LogP contribution in [0.1, 0.15) is 57.1 Å². The minimum absolute atomic E-state index is 0.0877. The molecule has 1 atom stereocenters. The fourth-order valence-corrected chi connectivity index (χ4v) is 5.23. The predicted molar refractivity (Wildman–Crippen MR) is 91.6 cm³/mol. The van der Waals surface area contributed by atoms with Crippen molar-refractivity contribution in [3.05, 3.63) is 30.1 Å². The molecule has 0 aromatic carbocycles. The molecule has 128 valence electrons. The van der Waals surface area contributed by atoms with Crippen molar-refractivity contribution in [3.8, 4) is 0 Å². The molecule has 1 aliphatic heterocycles. The summed E-state index contributed by atoms with van der Waals surface area (Å²) in [5.41, 5.74) is 1.22. The Bertz CT molecular complexity index is 594. The normalized spacial score (nSPS) is 22.1. The van der Waals surface area contributed by atoms with Crippen molar-refractivity contribution >= 4 is 10.0 Å². The van der Waals surface area contributed by atoms with E-state index in [1.807, 2.05) is 12.3 Å². The quantitative estimate of drug-likeness (QED) is 0.830. The third-order valence-electron chi connectivity index (χ3n) is 4.86. The molecule has 23 heavy (non-hydrogen) atoms. The molecule has 3 rings (SSSR count). The number of nitrogens with zero attached hydrogens (tertiary/aromatic N) is 2. The van der Waals surface area contributed by atoms with Crippen LogP contribution in [-0.2, 0) is 10.0 Å². The highest BCUT2D eigenvalue weighted by Gasteiger charge is 2.41. The molecule has 2 fully saturated rings. The summed E-state index contributed by atoms with van der Waals surface area (Å²) in [6, 6.07) is 4.79. The molecule has 5 nitrogen and oxygen atoms in total. The highest BCUT2D eigenvalue weighted by Crippen LogP contribution is 2.32. The molecular formula is C17H27N3O2S. The summed E-state index contributed by atoms with van der Waals surface area (Å²) < 4.78 is 26.3. The smallest absolute Gasteiger partial charge is 0.216 e. The number of piperidine rings is 1. The van der Waals surface area contributed by atoms with E-state index < -0.39 is 10.0 Å². The Morgan fingerprint density at radius 1 is 1.30 bits per heavy atom. The van der Waals surface area contributed by atoms with E-state index in [0.29, 0.717) is 25.2 Å². The molecule has 0 spiro atoms. The zero-order valence-corrected chi connectivity index (χ0v) is 14.6. The van der Waals surface area contributed by atoms with E-state index in [4.69, 9.17) is 0 Å². The summed E-state index contributed by atoms with van der Waals surface area (Å²) in [6.45, 7) is 3.50. The average molecular weight is 337 g/mol. The number of hydrogen-bond acceptors (Lipinski definition) is 4. The number of pyridine rings is 1. The number of nitrogens with one attached hydrogen (secondary N) is 1. The topological polar surface area (TPSA) is 62.3 Å². The Morgan fingerprint density at radius 3 is 2.61 bits per heavy atom. The average Bonchev–Trinajstić information content (AvgIpc) is 3.41. The van der Waals surface area contributed by atoms with Crippen LogP contribution in [0.25, 0.3) is 0 Å². The fraction of sp³-hybridized carbons (Fsp3) is 0.706. The van der Waals surface area contributed by atoms with Crippen LogP contribution in [0.5, 0.6) is 0 Å². The molecule has 1 saturated carbocycles. The highest BCUT2D eigenvalue weighted by molar-refractivity contribution is 7.90. The van der Waals surface area contributed by atoms with E-state index in [0.717, 1.165) is 38.5 Å². The van der Waals surface area contributed by atoms with Crippen molar-refractivity contribution in [3.63, 3.8) is 0 Å². The van der Waals surface area contributed by atoms with Gasteiger partial charge in [0.2, 0.25) is 10.0 Å². The Kier molecular flexibility index (Phi) is 5.34. The van der Waals surface area contributed by atoms with Crippen molar-refractivity contribution in [1.82, 2.24) is 14.6 Å². The molecule has 1 N–H and O–H groups in total. The van der Waals surface area contributed by atoms with Crippen LogP contribution in [-0.4, -0.2) is 42.1 Å². The number of hydrogen-bond donors (Lipinski definition) is 1. The lowest BCUT2D eigenvalue weighted by molar-refractivity contribution is 0.269. The Balaban J connectivity index is 1.56. The van der Waals surface area contributed by atoms with Crippen LogP contribution in [0.15, 0.2) is 24.5 Å². The van der Waals surface area contributed by atoms with Gasteiger partial charge in [-0.25, -0.2) is 12.7 Å². The first-order chi connectivity index (χ1) is 11.1. The van der Waals surface area contributed by atoms with E-state index in [-0.39, 0.29) is 5.25 Å². The van der Waals surface area contributed by atoms with E-state index >= 15 is 0 Å². The zero-order chi connectivity index (χ0) is 16.3. The minimum atomic E-state index is -3.01. The number of sulfonamides is 1. The summed E-state index contributed by atoms with van der Waals surface area (Å²) in [4.78, 5) is 4.22. The van der Waals surface area contributed by atoms with Gasteiger partial charge in [0.1, 0.15) is 0 Å². The van der Waals surface area contributed by atoms with Gasteiger partial charge >= 0.3 is 0 Å². The molecule has 0 radical (unpaired) electrons. The molecule has 1 aromatic rings. The summed E-state index contributed by atoms with van der Waals surface area (Å²) in [5.74, 6) is 0. The lowest BCUT2D eigenvalue weighted by Crippen LogP contribution is -2.46. The maximum absolute atomic E-state index is 12.3. The zero-order valence-electron chi connectivity index (χ0n) is 13.8. The summed E-state index contributed by atoms with van der Waals surface area (Å²) >= 11 is 0. The molecule has 0 amide bonds. The van der Waals surface area contributed by atoms with Crippen LogP contribution in [0.2, 0.25) is 0 Å². The molecule has 1 aliphatic carbocycles. The second kappa shape index (κ2) is 7.28. The van der Waals surface area contributed by atoms with E-state index in [1.165, 1.54) is 5.56 Å². The van der Waals surface area contributed by atoms with Crippen molar-refractivity contribution < 1.29 is 8.42 Å². The van der Waals surface area contributed by atoms with Gasteiger partial charge in [0.25, 0.3) is 0 Å². The molecule has 6 heteroatoms. The van der Waals surface area contributed by atoms with E-state index in [9.17, 15) is 8.42 Å². The van der Waals surface area contributed by atoms with Crippen molar-refractivity contribution in [2.75, 3.05) is 13.1 Å². The third kappa shape index (κ3) is 4.11. The largest absolute Gasteiger partial charge is 0.307 e. The molecule has 1 saturated heterocycles. The van der Waals surface area contributed by atoms with Gasteiger partial charge < -0.3 is 5.32 Å². The van der Waals surface area contributed by atoms with Gasteiger partial charge in [-0.1, -0.05) is 19.4 Å². The van der Waals surface area contributed by atoms with Crippen LogP contribution >= 0.6 is 0 Å². The first-order valence-corrected chi connectivity index (χ1v) is 10.3. The van der Waals surface area contributed by atoms with E-state index in [2.05, 4.69) is 23.3 Å². The SMILES string of the molecule is CCCC(NC1CCN(S(=O)(=O)C2CC2)CC1)c1cccnc1. The maximum Gasteiger partial charge on any atom is 0.216 e. The monoisotopic (exact) mass is 337 g/mol. The van der Waals surface area contributed by atoms with Gasteiger partial charge in [0.15, 0.2) is 0 Å². The highest BCUT2D eigenvalue weighted by atomic mass is 32.2. The minimum Gasteiger partial charge on any atom is -0.307 e.